The number of hydrogen-bond acceptors (Lipinski definition) is 4. The fourth-order valence-electron chi connectivity index (χ4n) is 1.68. The molecule has 2 aromatic rings. The summed E-state index contributed by atoms with van der Waals surface area (Å²) in [6, 6.07) is 10.4. The molecule has 1 aliphatic heterocycles. The second-order valence-electron chi connectivity index (χ2n) is 3.24. The summed E-state index contributed by atoms with van der Waals surface area (Å²) in [6.07, 6.45) is 0. The van der Waals surface area contributed by atoms with Gasteiger partial charge in [-0.3, -0.25) is 0 Å². The van der Waals surface area contributed by atoms with Gasteiger partial charge in [0, 0.05) is 0 Å². The minimum Gasteiger partial charge on any atom is -0.736 e. The van der Waals surface area contributed by atoms with E-state index in [2.05, 4.69) is 0 Å². The van der Waals surface area contributed by atoms with E-state index in [1.54, 1.807) is 24.3 Å². The zero-order valence-electron chi connectivity index (χ0n) is 8.54. The summed E-state index contributed by atoms with van der Waals surface area (Å²) in [7, 11) is -4.23. The molecule has 0 radical (unpaired) electrons. The maximum Gasteiger partial charge on any atom is 1.00 e. The Hall–Kier alpha value is 0.126. The van der Waals surface area contributed by atoms with Crippen molar-refractivity contribution in [2.45, 2.75) is 0 Å². The Balaban J connectivity index is 0.000000963. The van der Waals surface area contributed by atoms with E-state index >= 15 is 0 Å². The van der Waals surface area contributed by atoms with Crippen molar-refractivity contribution >= 4 is 18.6 Å². The molecule has 2 aromatic carbocycles. The Morgan fingerprint density at radius 2 is 1.50 bits per heavy atom. The van der Waals surface area contributed by atoms with Crippen LogP contribution in [-0.2, 0) is 4.57 Å². The van der Waals surface area contributed by atoms with Gasteiger partial charge in [-0.2, -0.15) is 0 Å². The Labute approximate surface area is 135 Å². The molecule has 0 unspecified atom stereocenters. The van der Waals surface area contributed by atoms with Crippen LogP contribution in [0.1, 0.15) is 0 Å². The zero-order valence-corrected chi connectivity index (χ0v) is 12.6. The van der Waals surface area contributed by atoms with E-state index in [1.165, 1.54) is 0 Å². The molecule has 76 valence electrons. The number of benzene rings is 2. The van der Waals surface area contributed by atoms with E-state index in [-0.39, 0.29) is 51.4 Å². The largest absolute Gasteiger partial charge is 1.00 e. The summed E-state index contributed by atoms with van der Waals surface area (Å²) in [5.41, 5.74) is 0. The molecule has 0 aliphatic carbocycles. The van der Waals surface area contributed by atoms with Crippen LogP contribution in [-0.4, -0.2) is 0 Å². The fourth-order valence-corrected chi connectivity index (χ4v) is 2.51. The van der Waals surface area contributed by atoms with Crippen LogP contribution in [0.15, 0.2) is 36.4 Å². The Bertz CT molecular complexity index is 554. The number of hydrogen-bond donors (Lipinski definition) is 0. The Kier molecular flexibility index (Phi) is 3.48. The molecule has 0 amide bonds. The van der Waals surface area contributed by atoms with E-state index in [1.807, 2.05) is 12.1 Å². The van der Waals surface area contributed by atoms with Crippen LogP contribution in [0.5, 0.6) is 11.5 Å². The monoisotopic (exact) mass is 260 g/mol. The SMILES string of the molecule is O=P1([O-])Oc2cccc3cccc(c23)O1.[K+]. The van der Waals surface area contributed by atoms with Crippen LogP contribution in [0.2, 0.25) is 0 Å². The van der Waals surface area contributed by atoms with Gasteiger partial charge in [0.25, 0.3) is 0 Å². The predicted octanol–water partition coefficient (Wildman–Crippen LogP) is -0.917. The van der Waals surface area contributed by atoms with Gasteiger partial charge in [-0.1, -0.05) is 24.3 Å². The van der Waals surface area contributed by atoms with Crippen LogP contribution in [0.3, 0.4) is 0 Å². The first-order valence-electron chi connectivity index (χ1n) is 4.38. The van der Waals surface area contributed by atoms with Crippen molar-refractivity contribution in [1.82, 2.24) is 0 Å². The van der Waals surface area contributed by atoms with E-state index in [9.17, 15) is 9.46 Å². The van der Waals surface area contributed by atoms with Gasteiger partial charge in [-0.15, -0.1) is 0 Å². The molecule has 3 rings (SSSR count). The van der Waals surface area contributed by atoms with E-state index in [4.69, 9.17) is 9.05 Å². The minimum absolute atomic E-state index is 0. The van der Waals surface area contributed by atoms with Gasteiger partial charge in [-0.05, 0) is 17.5 Å². The molecular weight excluding hydrogens is 254 g/mol. The fraction of sp³-hybridized carbons (Fsp3) is 0. The number of phosphoric acid groups is 1. The molecule has 4 nitrogen and oxygen atoms in total. The average molecular weight is 260 g/mol. The molecule has 0 atom stereocenters. The molecule has 0 spiro atoms. The van der Waals surface area contributed by atoms with Crippen molar-refractivity contribution < 1.29 is 69.9 Å². The zero-order chi connectivity index (χ0) is 10.5. The van der Waals surface area contributed by atoms with Crippen LogP contribution in [0.25, 0.3) is 10.8 Å². The van der Waals surface area contributed by atoms with Gasteiger partial charge in [0.2, 0.25) is 0 Å². The van der Waals surface area contributed by atoms with E-state index in [0.717, 1.165) is 5.39 Å². The summed E-state index contributed by atoms with van der Waals surface area (Å²) in [5, 5.41) is 1.59. The molecule has 6 heteroatoms. The van der Waals surface area contributed by atoms with Gasteiger partial charge < -0.3 is 13.9 Å². The third kappa shape index (κ3) is 2.09. The van der Waals surface area contributed by atoms with Gasteiger partial charge in [0.15, 0.2) is 0 Å². The van der Waals surface area contributed by atoms with Gasteiger partial charge in [-0.25, -0.2) is 4.57 Å². The minimum atomic E-state index is -4.23. The van der Waals surface area contributed by atoms with E-state index < -0.39 is 7.82 Å². The van der Waals surface area contributed by atoms with Crippen LogP contribution < -0.4 is 65.3 Å². The normalized spacial score (nSPS) is 15.8. The van der Waals surface area contributed by atoms with Gasteiger partial charge in [0.05, 0.1) is 5.39 Å². The molecule has 0 bridgehead atoms. The molecule has 0 saturated carbocycles. The van der Waals surface area contributed by atoms with Crippen LogP contribution in [0, 0.1) is 0 Å². The van der Waals surface area contributed by atoms with Crippen LogP contribution in [0.4, 0.5) is 0 Å². The molecule has 0 saturated heterocycles. The molecule has 1 heterocycles. The molecule has 16 heavy (non-hydrogen) atoms. The first-order chi connectivity index (χ1) is 7.16. The topological polar surface area (TPSA) is 58.6 Å². The molecule has 0 fully saturated rings. The first-order valence-corrected chi connectivity index (χ1v) is 5.84. The quantitative estimate of drug-likeness (QED) is 0.454. The Morgan fingerprint density at radius 1 is 1.00 bits per heavy atom. The number of rotatable bonds is 0. The van der Waals surface area contributed by atoms with Gasteiger partial charge >= 0.3 is 59.2 Å². The molecule has 0 N–H and O–H groups in total. The Morgan fingerprint density at radius 3 is 2.00 bits per heavy atom. The van der Waals surface area contributed by atoms with Crippen molar-refractivity contribution in [1.29, 1.82) is 0 Å². The summed E-state index contributed by atoms with van der Waals surface area (Å²) >= 11 is 0. The van der Waals surface area contributed by atoms with Crippen molar-refractivity contribution in [3.05, 3.63) is 36.4 Å². The first kappa shape index (κ1) is 12.6. The molecular formula is C10H6KO4P. The van der Waals surface area contributed by atoms with Crippen molar-refractivity contribution in [2.75, 3.05) is 0 Å². The number of phosphoric ester groups is 1. The molecule has 1 aliphatic rings. The summed E-state index contributed by atoms with van der Waals surface area (Å²) in [5.74, 6) is 0.653. The maximum absolute atomic E-state index is 11.2. The van der Waals surface area contributed by atoms with Crippen molar-refractivity contribution in [2.24, 2.45) is 0 Å². The summed E-state index contributed by atoms with van der Waals surface area (Å²) < 4.78 is 20.8. The second-order valence-corrected chi connectivity index (χ2v) is 4.50. The standard InChI is InChI=1S/C10H7O4P.K/c11-15(12)13-8-5-1-3-7-4-2-6-9(14-15)10(7)8;/h1-6H,(H,11,12);/q;+1/p-1. The summed E-state index contributed by atoms with van der Waals surface area (Å²) in [4.78, 5) is 11.2. The maximum atomic E-state index is 11.2. The van der Waals surface area contributed by atoms with Crippen molar-refractivity contribution in [3.63, 3.8) is 0 Å². The van der Waals surface area contributed by atoms with E-state index in [0.29, 0.717) is 16.9 Å². The van der Waals surface area contributed by atoms with Crippen LogP contribution >= 0.6 is 7.82 Å². The smallest absolute Gasteiger partial charge is 0.736 e. The third-order valence-corrected chi connectivity index (χ3v) is 3.09. The molecule has 0 aromatic heterocycles. The average Bonchev–Trinajstić information content (AvgIpc) is 2.16. The van der Waals surface area contributed by atoms with Gasteiger partial charge in [0.1, 0.15) is 11.5 Å². The third-order valence-electron chi connectivity index (χ3n) is 2.25. The second kappa shape index (κ2) is 4.42. The summed E-state index contributed by atoms with van der Waals surface area (Å²) in [6.45, 7) is 0. The predicted molar refractivity (Wildman–Crippen MR) is 52.8 cm³/mol. The van der Waals surface area contributed by atoms with Crippen molar-refractivity contribution in [3.8, 4) is 11.5 Å².